The first-order chi connectivity index (χ1) is 11.8. The van der Waals surface area contributed by atoms with Crippen molar-refractivity contribution in [1.82, 2.24) is 15.1 Å². The average Bonchev–Trinajstić information content (AvgIpc) is 3.23. The van der Waals surface area contributed by atoms with Gasteiger partial charge in [-0.25, -0.2) is 4.39 Å². The lowest BCUT2D eigenvalue weighted by molar-refractivity contribution is 0.0518. The van der Waals surface area contributed by atoms with E-state index >= 15 is 0 Å². The Morgan fingerprint density at radius 1 is 1.32 bits per heavy atom. The zero-order valence-corrected chi connectivity index (χ0v) is 13.9. The van der Waals surface area contributed by atoms with Crippen LogP contribution in [-0.4, -0.2) is 27.3 Å². The number of aromatic nitrogens is 2. The lowest BCUT2D eigenvalue weighted by atomic mass is 10.00. The van der Waals surface area contributed by atoms with E-state index in [1.165, 1.54) is 18.2 Å². The molecule has 0 spiro atoms. The first-order valence-electron chi connectivity index (χ1n) is 7.71. The van der Waals surface area contributed by atoms with E-state index < -0.39 is 11.5 Å². The van der Waals surface area contributed by atoms with Gasteiger partial charge in [-0.1, -0.05) is 0 Å². The molecule has 3 aromatic rings. The first-order valence-corrected chi connectivity index (χ1v) is 7.71. The Morgan fingerprint density at radius 2 is 2.04 bits per heavy atom. The molecule has 1 unspecified atom stereocenters. The molecule has 2 heterocycles. The molecule has 0 fully saturated rings. The maximum absolute atomic E-state index is 13.0. The van der Waals surface area contributed by atoms with Crippen molar-refractivity contribution in [3.63, 3.8) is 0 Å². The number of furan rings is 1. The topological polar surface area (TPSA) is 80.3 Å². The normalized spacial score (nSPS) is 13.4. The highest BCUT2D eigenvalue weighted by Gasteiger charge is 2.26. The Bertz CT molecular complexity index is 881. The molecule has 0 saturated carbocycles. The molecule has 0 bridgehead atoms. The minimum absolute atomic E-state index is 0.00408. The van der Waals surface area contributed by atoms with Gasteiger partial charge in [0.05, 0.1) is 12.7 Å². The minimum atomic E-state index is -1.25. The highest BCUT2D eigenvalue weighted by Crippen LogP contribution is 2.23. The second-order valence-corrected chi connectivity index (χ2v) is 6.03. The summed E-state index contributed by atoms with van der Waals surface area (Å²) in [5.74, 6) is -0.214. The summed E-state index contributed by atoms with van der Waals surface area (Å²) >= 11 is 0. The van der Waals surface area contributed by atoms with Crippen molar-refractivity contribution in [1.29, 1.82) is 0 Å². The van der Waals surface area contributed by atoms with Gasteiger partial charge in [0.1, 0.15) is 17.2 Å². The third-order valence-corrected chi connectivity index (χ3v) is 3.88. The zero-order valence-electron chi connectivity index (χ0n) is 13.9. The average molecular weight is 343 g/mol. The van der Waals surface area contributed by atoms with Crippen molar-refractivity contribution in [2.45, 2.75) is 12.5 Å². The smallest absolute Gasteiger partial charge is 0.287 e. The van der Waals surface area contributed by atoms with Crippen LogP contribution in [0.4, 0.5) is 4.39 Å². The number of carbonyl (C=O) groups excluding carboxylic acids is 1. The fourth-order valence-corrected chi connectivity index (χ4v) is 2.37. The van der Waals surface area contributed by atoms with Gasteiger partial charge in [-0.05, 0) is 43.3 Å². The number of nitrogens with zero attached hydrogens (tertiary/aromatic N) is 2. The molecule has 1 atom stereocenters. The van der Waals surface area contributed by atoms with Crippen molar-refractivity contribution >= 4 is 5.91 Å². The van der Waals surface area contributed by atoms with E-state index in [2.05, 4.69) is 10.4 Å². The number of carbonyl (C=O) groups is 1. The monoisotopic (exact) mass is 343 g/mol. The van der Waals surface area contributed by atoms with Crippen molar-refractivity contribution < 1.29 is 18.7 Å². The quantitative estimate of drug-likeness (QED) is 0.746. The number of nitrogens with one attached hydrogen (secondary N) is 1. The number of aliphatic hydroxyl groups is 1. The molecule has 3 rings (SSSR count). The van der Waals surface area contributed by atoms with Crippen LogP contribution in [-0.2, 0) is 12.6 Å². The number of hydrogen-bond donors (Lipinski definition) is 2. The van der Waals surface area contributed by atoms with Crippen molar-refractivity contribution in [2.24, 2.45) is 7.05 Å². The van der Waals surface area contributed by atoms with Crippen LogP contribution in [0.15, 0.2) is 53.2 Å². The van der Waals surface area contributed by atoms with E-state index in [9.17, 15) is 14.3 Å². The van der Waals surface area contributed by atoms with E-state index in [1.54, 1.807) is 49.2 Å². The molecule has 6 nitrogen and oxygen atoms in total. The Balaban J connectivity index is 1.67. The van der Waals surface area contributed by atoms with Crippen LogP contribution < -0.4 is 5.32 Å². The Hall–Kier alpha value is -2.93. The van der Waals surface area contributed by atoms with Crippen molar-refractivity contribution in [3.8, 4) is 11.3 Å². The molecule has 7 heteroatoms. The van der Waals surface area contributed by atoms with E-state index in [1.807, 2.05) is 0 Å². The van der Waals surface area contributed by atoms with Crippen LogP contribution >= 0.6 is 0 Å². The fraction of sp³-hybridized carbons (Fsp3) is 0.222. The number of benzene rings is 1. The predicted octanol–water partition coefficient (Wildman–Crippen LogP) is 2.46. The van der Waals surface area contributed by atoms with Gasteiger partial charge in [0.2, 0.25) is 0 Å². The van der Waals surface area contributed by atoms with E-state index in [0.29, 0.717) is 16.9 Å². The highest BCUT2D eigenvalue weighted by atomic mass is 19.1. The van der Waals surface area contributed by atoms with E-state index in [-0.39, 0.29) is 18.1 Å². The number of aryl methyl sites for hydroxylation is 1. The summed E-state index contributed by atoms with van der Waals surface area (Å²) in [5, 5.41) is 17.1. The lowest BCUT2D eigenvalue weighted by Gasteiger charge is -2.21. The molecule has 0 saturated heterocycles. The summed E-state index contributed by atoms with van der Waals surface area (Å²) in [7, 11) is 1.75. The van der Waals surface area contributed by atoms with Crippen LogP contribution in [0.2, 0.25) is 0 Å². The van der Waals surface area contributed by atoms with Gasteiger partial charge >= 0.3 is 0 Å². The number of hydrogen-bond acceptors (Lipinski definition) is 4. The van der Waals surface area contributed by atoms with Crippen LogP contribution in [0.3, 0.4) is 0 Å². The summed E-state index contributed by atoms with van der Waals surface area (Å²) in [4.78, 5) is 12.2. The molecule has 2 aromatic heterocycles. The second-order valence-electron chi connectivity index (χ2n) is 6.03. The predicted molar refractivity (Wildman–Crippen MR) is 89.2 cm³/mol. The van der Waals surface area contributed by atoms with Gasteiger partial charge in [-0.2, -0.15) is 5.10 Å². The molecular formula is C18H18FN3O3. The molecule has 25 heavy (non-hydrogen) atoms. The Morgan fingerprint density at radius 3 is 2.68 bits per heavy atom. The molecule has 0 aliphatic heterocycles. The molecular weight excluding hydrogens is 325 g/mol. The summed E-state index contributed by atoms with van der Waals surface area (Å²) in [6.07, 6.45) is 3.23. The maximum Gasteiger partial charge on any atom is 0.287 e. The van der Waals surface area contributed by atoms with Crippen LogP contribution in [0.25, 0.3) is 11.3 Å². The van der Waals surface area contributed by atoms with E-state index in [0.717, 1.165) is 0 Å². The first kappa shape index (κ1) is 16.9. The summed E-state index contributed by atoms with van der Waals surface area (Å²) in [6.45, 7) is 1.60. The van der Waals surface area contributed by atoms with E-state index in [4.69, 9.17) is 4.42 Å². The standard InChI is InChI=1S/C18H18FN3O3/c1-18(24,13-9-21-22(2)10-13)11-20-17(23)16-8-7-15(25-16)12-3-5-14(19)6-4-12/h3-10,24H,11H2,1-2H3,(H,20,23). The largest absolute Gasteiger partial charge is 0.451 e. The molecule has 0 radical (unpaired) electrons. The molecule has 0 aliphatic rings. The van der Waals surface area contributed by atoms with Gasteiger partial charge in [-0.3, -0.25) is 9.48 Å². The summed E-state index contributed by atoms with van der Waals surface area (Å²) in [6, 6.07) is 8.96. The highest BCUT2D eigenvalue weighted by molar-refractivity contribution is 5.92. The van der Waals surface area contributed by atoms with Gasteiger partial charge in [0.15, 0.2) is 5.76 Å². The maximum atomic E-state index is 13.0. The Labute approximate surface area is 143 Å². The number of halogens is 1. The molecule has 2 N–H and O–H groups in total. The summed E-state index contributed by atoms with van der Waals surface area (Å²) in [5.41, 5.74) is 0.0144. The summed E-state index contributed by atoms with van der Waals surface area (Å²) < 4.78 is 20.1. The fourth-order valence-electron chi connectivity index (χ4n) is 2.37. The third-order valence-electron chi connectivity index (χ3n) is 3.88. The van der Waals surface area contributed by atoms with Gasteiger partial charge < -0.3 is 14.8 Å². The van der Waals surface area contributed by atoms with Crippen molar-refractivity contribution in [2.75, 3.05) is 6.54 Å². The molecule has 1 aromatic carbocycles. The van der Waals surface area contributed by atoms with Gasteiger partial charge in [0, 0.05) is 24.4 Å². The third kappa shape index (κ3) is 3.77. The Kier molecular flexibility index (Phi) is 4.41. The van der Waals surface area contributed by atoms with Crippen LogP contribution in [0, 0.1) is 5.82 Å². The van der Waals surface area contributed by atoms with Gasteiger partial charge in [-0.15, -0.1) is 0 Å². The molecule has 0 aliphatic carbocycles. The molecule has 130 valence electrons. The minimum Gasteiger partial charge on any atom is -0.451 e. The van der Waals surface area contributed by atoms with Crippen molar-refractivity contribution in [3.05, 3.63) is 65.9 Å². The SMILES string of the molecule is Cn1cc(C(C)(O)CNC(=O)c2ccc(-c3ccc(F)cc3)o2)cn1. The number of rotatable bonds is 5. The van der Waals surface area contributed by atoms with Crippen LogP contribution in [0.5, 0.6) is 0 Å². The van der Waals surface area contributed by atoms with Gasteiger partial charge in [0.25, 0.3) is 5.91 Å². The second kappa shape index (κ2) is 6.52. The zero-order chi connectivity index (χ0) is 18.0. The van der Waals surface area contributed by atoms with Crippen LogP contribution in [0.1, 0.15) is 23.0 Å². The lowest BCUT2D eigenvalue weighted by Crippen LogP contribution is -2.38. The molecule has 1 amide bonds. The number of amides is 1.